The number of nitrogens with zero attached hydrogens (tertiary/aromatic N) is 1. The number of amides is 1. The van der Waals surface area contributed by atoms with Crippen LogP contribution in [0.1, 0.15) is 12.8 Å². The highest BCUT2D eigenvalue weighted by atomic mass is 16.2. The van der Waals surface area contributed by atoms with Crippen LogP contribution in [0.5, 0.6) is 0 Å². The molecule has 2 heterocycles. The maximum atomic E-state index is 11.7. The number of carbonyl (C=O) groups excluding carboxylic acids is 1. The van der Waals surface area contributed by atoms with Gasteiger partial charge in [-0.25, -0.2) is 0 Å². The summed E-state index contributed by atoms with van der Waals surface area (Å²) < 4.78 is 0. The molecule has 2 aliphatic heterocycles. The fourth-order valence-corrected chi connectivity index (χ4v) is 1.78. The average Bonchev–Trinajstić information content (AvgIpc) is 2.72. The van der Waals surface area contributed by atoms with E-state index in [1.165, 1.54) is 0 Å². The van der Waals surface area contributed by atoms with Crippen molar-refractivity contribution in [3.63, 3.8) is 0 Å². The van der Waals surface area contributed by atoms with Gasteiger partial charge in [-0.15, -0.1) is 0 Å². The van der Waals surface area contributed by atoms with Gasteiger partial charge >= 0.3 is 0 Å². The van der Waals surface area contributed by atoms with Gasteiger partial charge < -0.3 is 10.6 Å². The van der Waals surface area contributed by atoms with E-state index in [2.05, 4.69) is 20.9 Å². The Bertz CT molecular complexity index is 245. The third kappa shape index (κ3) is 2.23. The quantitative estimate of drug-likeness (QED) is 0.507. The lowest BCUT2D eigenvalue weighted by atomic mass is 9.97. The fourth-order valence-electron chi connectivity index (χ4n) is 1.78. The van der Waals surface area contributed by atoms with Crippen molar-refractivity contribution in [3.8, 4) is 0 Å². The van der Waals surface area contributed by atoms with Gasteiger partial charge in [0.25, 0.3) is 0 Å². The van der Waals surface area contributed by atoms with Gasteiger partial charge in [-0.2, -0.15) is 0 Å². The normalized spacial score (nSPS) is 22.7. The zero-order valence-corrected chi connectivity index (χ0v) is 8.18. The molecule has 0 radical (unpaired) electrons. The van der Waals surface area contributed by atoms with E-state index in [1.807, 2.05) is 0 Å². The Morgan fingerprint density at radius 2 is 2.14 bits per heavy atom. The maximum Gasteiger partial charge on any atom is 0.229 e. The Hall–Kier alpha value is -1.10. The Kier molecular flexibility index (Phi) is 2.98. The Morgan fingerprint density at radius 3 is 2.79 bits per heavy atom. The molecule has 0 aromatic rings. The summed E-state index contributed by atoms with van der Waals surface area (Å²) >= 11 is 0. The zero-order chi connectivity index (χ0) is 9.80. The minimum absolute atomic E-state index is 0.111. The summed E-state index contributed by atoms with van der Waals surface area (Å²) in [7, 11) is 0. The van der Waals surface area contributed by atoms with Gasteiger partial charge in [0.1, 0.15) is 0 Å². The van der Waals surface area contributed by atoms with Crippen LogP contribution in [0.25, 0.3) is 0 Å². The summed E-state index contributed by atoms with van der Waals surface area (Å²) in [5.41, 5.74) is 0. The summed E-state index contributed by atoms with van der Waals surface area (Å²) in [6.07, 6.45) is 1.86. The highest BCUT2D eigenvalue weighted by Crippen LogP contribution is 2.11. The number of nitrogens with one attached hydrogen (secondary N) is 3. The molecule has 5 heteroatoms. The van der Waals surface area contributed by atoms with E-state index in [9.17, 15) is 4.79 Å². The van der Waals surface area contributed by atoms with Crippen molar-refractivity contribution in [1.82, 2.24) is 16.0 Å². The molecular weight excluding hydrogens is 180 g/mol. The molecule has 0 aliphatic carbocycles. The van der Waals surface area contributed by atoms with E-state index < -0.39 is 0 Å². The fraction of sp³-hybridized carbons (Fsp3) is 0.778. The summed E-state index contributed by atoms with van der Waals surface area (Å²) in [6.45, 7) is 3.49. The van der Waals surface area contributed by atoms with Crippen molar-refractivity contribution < 1.29 is 4.79 Å². The van der Waals surface area contributed by atoms with Gasteiger partial charge in [0.2, 0.25) is 5.91 Å². The summed E-state index contributed by atoms with van der Waals surface area (Å²) in [5, 5.41) is 9.09. The van der Waals surface area contributed by atoms with Gasteiger partial charge in [-0.05, 0) is 25.9 Å². The van der Waals surface area contributed by atoms with Gasteiger partial charge in [0, 0.05) is 12.5 Å². The second-order valence-corrected chi connectivity index (χ2v) is 3.67. The van der Waals surface area contributed by atoms with E-state index in [0.717, 1.165) is 39.0 Å². The summed E-state index contributed by atoms with van der Waals surface area (Å²) in [5.74, 6) is 0.912. The van der Waals surface area contributed by atoms with Crippen molar-refractivity contribution >= 4 is 11.9 Å². The number of guanidine groups is 1. The van der Waals surface area contributed by atoms with Crippen LogP contribution in [0.3, 0.4) is 0 Å². The zero-order valence-electron chi connectivity index (χ0n) is 8.18. The van der Waals surface area contributed by atoms with E-state index in [-0.39, 0.29) is 11.8 Å². The Balaban J connectivity index is 1.81. The van der Waals surface area contributed by atoms with Crippen LogP contribution in [0.2, 0.25) is 0 Å². The van der Waals surface area contributed by atoms with E-state index in [1.54, 1.807) is 0 Å². The molecule has 0 saturated carbocycles. The summed E-state index contributed by atoms with van der Waals surface area (Å²) in [4.78, 5) is 15.8. The molecule has 2 aliphatic rings. The number of piperidine rings is 1. The van der Waals surface area contributed by atoms with Crippen molar-refractivity contribution in [3.05, 3.63) is 0 Å². The Labute approximate surface area is 83.4 Å². The molecule has 0 bridgehead atoms. The van der Waals surface area contributed by atoms with Gasteiger partial charge in [-0.1, -0.05) is 0 Å². The van der Waals surface area contributed by atoms with Crippen LogP contribution in [-0.2, 0) is 4.79 Å². The molecule has 0 aromatic carbocycles. The molecule has 3 N–H and O–H groups in total. The largest absolute Gasteiger partial charge is 0.354 e. The molecule has 0 aromatic heterocycles. The maximum absolute atomic E-state index is 11.7. The van der Waals surface area contributed by atoms with Crippen LogP contribution in [0.15, 0.2) is 4.99 Å². The molecule has 78 valence electrons. The predicted molar refractivity (Wildman–Crippen MR) is 54.0 cm³/mol. The lowest BCUT2D eigenvalue weighted by Gasteiger charge is -2.21. The Morgan fingerprint density at radius 1 is 1.36 bits per heavy atom. The first-order valence-corrected chi connectivity index (χ1v) is 5.16. The predicted octanol–water partition coefficient (Wildman–Crippen LogP) is -0.939. The van der Waals surface area contributed by atoms with Crippen LogP contribution in [0, 0.1) is 5.92 Å². The first kappa shape index (κ1) is 9.45. The van der Waals surface area contributed by atoms with E-state index in [0.29, 0.717) is 5.96 Å². The highest BCUT2D eigenvalue weighted by molar-refractivity contribution is 5.98. The second kappa shape index (κ2) is 4.41. The van der Waals surface area contributed by atoms with Crippen LogP contribution < -0.4 is 16.0 Å². The molecule has 14 heavy (non-hydrogen) atoms. The minimum atomic E-state index is 0.111. The summed E-state index contributed by atoms with van der Waals surface area (Å²) in [6, 6.07) is 0. The molecule has 0 spiro atoms. The molecule has 1 fully saturated rings. The second-order valence-electron chi connectivity index (χ2n) is 3.67. The third-order valence-corrected chi connectivity index (χ3v) is 2.63. The van der Waals surface area contributed by atoms with Crippen LogP contribution in [0.4, 0.5) is 0 Å². The van der Waals surface area contributed by atoms with Crippen molar-refractivity contribution in [2.45, 2.75) is 12.8 Å². The number of rotatable bonds is 1. The molecule has 0 atom stereocenters. The first-order valence-electron chi connectivity index (χ1n) is 5.16. The van der Waals surface area contributed by atoms with E-state index >= 15 is 0 Å². The number of hydrogen-bond donors (Lipinski definition) is 3. The number of carbonyl (C=O) groups is 1. The minimum Gasteiger partial charge on any atom is -0.354 e. The topological polar surface area (TPSA) is 65.5 Å². The van der Waals surface area contributed by atoms with Gasteiger partial charge in [0.15, 0.2) is 5.96 Å². The standard InChI is InChI=1S/C9H16N4O/c14-8(7-1-3-10-4-2-7)13-9-11-5-6-12-9/h7,10H,1-6H2,(H2,11,12,13,14). The van der Waals surface area contributed by atoms with Crippen molar-refractivity contribution in [1.29, 1.82) is 0 Å². The lowest BCUT2D eigenvalue weighted by Crippen LogP contribution is -2.44. The highest BCUT2D eigenvalue weighted by Gasteiger charge is 2.22. The van der Waals surface area contributed by atoms with Crippen molar-refractivity contribution in [2.24, 2.45) is 10.9 Å². The SMILES string of the molecule is O=C(NC1=NCCN1)C1CCNCC1. The van der Waals surface area contributed by atoms with Crippen molar-refractivity contribution in [2.75, 3.05) is 26.2 Å². The smallest absolute Gasteiger partial charge is 0.229 e. The van der Waals surface area contributed by atoms with E-state index in [4.69, 9.17) is 0 Å². The number of aliphatic imine (C=N–C) groups is 1. The third-order valence-electron chi connectivity index (χ3n) is 2.63. The molecule has 1 saturated heterocycles. The molecule has 1 amide bonds. The average molecular weight is 196 g/mol. The monoisotopic (exact) mass is 196 g/mol. The van der Waals surface area contributed by atoms with Gasteiger partial charge in [-0.3, -0.25) is 15.1 Å². The number of hydrogen-bond acceptors (Lipinski definition) is 4. The molecule has 5 nitrogen and oxygen atoms in total. The van der Waals surface area contributed by atoms with Gasteiger partial charge in [0.05, 0.1) is 6.54 Å². The molecule has 0 unspecified atom stereocenters. The lowest BCUT2D eigenvalue weighted by molar-refractivity contribution is -0.124. The molecular formula is C9H16N4O. The van der Waals surface area contributed by atoms with Crippen LogP contribution >= 0.6 is 0 Å². The first-order chi connectivity index (χ1) is 6.86. The molecule has 2 rings (SSSR count). The van der Waals surface area contributed by atoms with Crippen LogP contribution in [-0.4, -0.2) is 38.0 Å².